The summed E-state index contributed by atoms with van der Waals surface area (Å²) < 4.78 is 5.29. The van der Waals surface area contributed by atoms with E-state index in [4.69, 9.17) is 9.84 Å². The van der Waals surface area contributed by atoms with Crippen LogP contribution in [-0.2, 0) is 4.79 Å². The first kappa shape index (κ1) is 14.5. The summed E-state index contributed by atoms with van der Waals surface area (Å²) >= 11 is 1.19. The molecule has 100 valence electrons. The minimum atomic E-state index is -1.03. The predicted octanol–water partition coefficient (Wildman–Crippen LogP) is 2.04. The maximum atomic E-state index is 11.4. The van der Waals surface area contributed by atoms with Crippen LogP contribution in [0.25, 0.3) is 0 Å². The lowest BCUT2D eigenvalue weighted by Crippen LogP contribution is -2.27. The first-order valence-electron chi connectivity index (χ1n) is 5.53. The molecule has 0 atom stereocenters. The predicted molar refractivity (Wildman–Crippen MR) is 69.6 cm³/mol. The summed E-state index contributed by atoms with van der Waals surface area (Å²) in [7, 11) is 3.24. The normalized spacial score (nSPS) is 10.5. The molecule has 0 spiro atoms. The first-order chi connectivity index (χ1) is 8.32. The quantitative estimate of drug-likeness (QED) is 0.890. The van der Waals surface area contributed by atoms with E-state index in [9.17, 15) is 9.59 Å². The van der Waals surface area contributed by atoms with Crippen LogP contribution in [0.5, 0.6) is 5.75 Å². The van der Waals surface area contributed by atoms with Gasteiger partial charge in [0, 0.05) is 19.0 Å². The Morgan fingerprint density at radius 3 is 2.50 bits per heavy atom. The van der Waals surface area contributed by atoms with Crippen LogP contribution in [0.2, 0.25) is 0 Å². The SMILES string of the molecule is CC(C)c1cc(OCC(=O)N(C)C)c(C(=O)O)s1. The number of hydrogen-bond donors (Lipinski definition) is 1. The molecule has 1 aromatic heterocycles. The lowest BCUT2D eigenvalue weighted by atomic mass is 10.2. The van der Waals surface area contributed by atoms with Crippen molar-refractivity contribution in [2.45, 2.75) is 19.8 Å². The molecule has 0 aromatic carbocycles. The highest BCUT2D eigenvalue weighted by Gasteiger charge is 2.19. The zero-order chi connectivity index (χ0) is 13.9. The molecule has 0 saturated carbocycles. The van der Waals surface area contributed by atoms with Gasteiger partial charge in [0.25, 0.3) is 5.91 Å². The van der Waals surface area contributed by atoms with Crippen LogP contribution >= 0.6 is 11.3 Å². The van der Waals surface area contributed by atoms with Gasteiger partial charge in [-0.25, -0.2) is 4.79 Å². The van der Waals surface area contributed by atoms with Gasteiger partial charge in [-0.1, -0.05) is 13.8 Å². The van der Waals surface area contributed by atoms with Crippen LogP contribution in [0.1, 0.15) is 34.3 Å². The van der Waals surface area contributed by atoms with Crippen molar-refractivity contribution in [3.8, 4) is 5.75 Å². The number of rotatable bonds is 5. The number of hydrogen-bond acceptors (Lipinski definition) is 4. The highest BCUT2D eigenvalue weighted by molar-refractivity contribution is 7.14. The Morgan fingerprint density at radius 2 is 2.06 bits per heavy atom. The van der Waals surface area contributed by atoms with Gasteiger partial charge in [0.15, 0.2) is 11.5 Å². The summed E-state index contributed by atoms with van der Waals surface area (Å²) in [6, 6.07) is 1.70. The molecular weight excluding hydrogens is 254 g/mol. The number of thiophene rings is 1. The van der Waals surface area contributed by atoms with Gasteiger partial charge in [-0.3, -0.25) is 4.79 Å². The highest BCUT2D eigenvalue weighted by Crippen LogP contribution is 2.33. The molecule has 1 amide bonds. The minimum Gasteiger partial charge on any atom is -0.482 e. The van der Waals surface area contributed by atoms with E-state index < -0.39 is 5.97 Å². The monoisotopic (exact) mass is 271 g/mol. The van der Waals surface area contributed by atoms with Crippen LogP contribution in [0, 0.1) is 0 Å². The zero-order valence-electron chi connectivity index (χ0n) is 10.9. The second kappa shape index (κ2) is 5.86. The lowest BCUT2D eigenvalue weighted by Gasteiger charge is -2.10. The van der Waals surface area contributed by atoms with Gasteiger partial charge >= 0.3 is 5.97 Å². The molecular formula is C12H17NO4S. The van der Waals surface area contributed by atoms with E-state index in [0.717, 1.165) is 4.88 Å². The average Bonchev–Trinajstić information content (AvgIpc) is 2.69. The molecule has 18 heavy (non-hydrogen) atoms. The Morgan fingerprint density at radius 1 is 1.44 bits per heavy atom. The minimum absolute atomic E-state index is 0.144. The molecule has 0 radical (unpaired) electrons. The fourth-order valence-electron chi connectivity index (χ4n) is 1.20. The molecule has 0 bridgehead atoms. The van der Waals surface area contributed by atoms with Crippen molar-refractivity contribution in [2.24, 2.45) is 0 Å². The third-order valence-corrected chi connectivity index (χ3v) is 3.74. The standard InChI is InChI=1S/C12H17NO4S/c1-7(2)9-5-8(11(18-9)12(15)16)17-6-10(14)13(3)4/h5,7H,6H2,1-4H3,(H,15,16). The Hall–Kier alpha value is -1.56. The van der Waals surface area contributed by atoms with Crippen molar-refractivity contribution < 1.29 is 19.4 Å². The van der Waals surface area contributed by atoms with Crippen LogP contribution < -0.4 is 4.74 Å². The largest absolute Gasteiger partial charge is 0.482 e. The van der Waals surface area contributed by atoms with Crippen molar-refractivity contribution >= 4 is 23.2 Å². The van der Waals surface area contributed by atoms with Gasteiger partial charge in [0.1, 0.15) is 5.75 Å². The summed E-state index contributed by atoms with van der Waals surface area (Å²) in [5, 5.41) is 9.07. The van der Waals surface area contributed by atoms with Crippen molar-refractivity contribution in [1.82, 2.24) is 4.90 Å². The number of carboxylic acid groups (broad SMARTS) is 1. The summed E-state index contributed by atoms with van der Waals surface area (Å²) in [5.41, 5.74) is 0. The van der Waals surface area contributed by atoms with Crippen LogP contribution in [0.3, 0.4) is 0 Å². The third kappa shape index (κ3) is 3.46. The van der Waals surface area contributed by atoms with E-state index in [1.165, 1.54) is 16.2 Å². The van der Waals surface area contributed by atoms with Gasteiger partial charge in [-0.05, 0) is 12.0 Å². The molecule has 6 heteroatoms. The van der Waals surface area contributed by atoms with E-state index in [1.807, 2.05) is 13.8 Å². The maximum Gasteiger partial charge on any atom is 0.349 e. The lowest BCUT2D eigenvalue weighted by molar-refractivity contribution is -0.130. The number of carbonyl (C=O) groups excluding carboxylic acids is 1. The van der Waals surface area contributed by atoms with E-state index in [0.29, 0.717) is 0 Å². The summed E-state index contributed by atoms with van der Waals surface area (Å²) in [5.74, 6) is -0.732. The third-order valence-electron chi connectivity index (χ3n) is 2.33. The number of likely N-dealkylation sites (N-methyl/N-ethyl adjacent to an activating group) is 1. The van der Waals surface area contributed by atoms with Crippen molar-refractivity contribution in [3.05, 3.63) is 15.8 Å². The molecule has 1 rings (SSSR count). The summed E-state index contributed by atoms with van der Waals surface area (Å²) in [6.07, 6.45) is 0. The molecule has 0 fully saturated rings. The van der Waals surface area contributed by atoms with Crippen molar-refractivity contribution in [2.75, 3.05) is 20.7 Å². The number of carboxylic acids is 1. The molecule has 1 aromatic rings. The van der Waals surface area contributed by atoms with Crippen LogP contribution in [0.4, 0.5) is 0 Å². The van der Waals surface area contributed by atoms with E-state index in [1.54, 1.807) is 20.2 Å². The van der Waals surface area contributed by atoms with E-state index in [-0.39, 0.29) is 29.1 Å². The number of nitrogens with zero attached hydrogens (tertiary/aromatic N) is 1. The summed E-state index contributed by atoms with van der Waals surface area (Å²) in [4.78, 5) is 24.9. The molecule has 0 saturated heterocycles. The smallest absolute Gasteiger partial charge is 0.349 e. The topological polar surface area (TPSA) is 66.8 Å². The first-order valence-corrected chi connectivity index (χ1v) is 6.34. The van der Waals surface area contributed by atoms with Gasteiger partial charge in [0.2, 0.25) is 0 Å². The maximum absolute atomic E-state index is 11.4. The van der Waals surface area contributed by atoms with Crippen molar-refractivity contribution in [1.29, 1.82) is 0 Å². The van der Waals surface area contributed by atoms with E-state index >= 15 is 0 Å². The molecule has 0 aliphatic carbocycles. The molecule has 5 nitrogen and oxygen atoms in total. The molecule has 1 heterocycles. The Kier molecular flexibility index (Phi) is 4.72. The fraction of sp³-hybridized carbons (Fsp3) is 0.500. The molecule has 1 N–H and O–H groups in total. The van der Waals surface area contributed by atoms with Gasteiger partial charge in [-0.2, -0.15) is 0 Å². The highest BCUT2D eigenvalue weighted by atomic mass is 32.1. The fourth-order valence-corrected chi connectivity index (χ4v) is 2.14. The summed E-state index contributed by atoms with van der Waals surface area (Å²) in [6.45, 7) is 3.81. The average molecular weight is 271 g/mol. The van der Waals surface area contributed by atoms with Crippen LogP contribution in [0.15, 0.2) is 6.07 Å². The van der Waals surface area contributed by atoms with Gasteiger partial charge in [-0.15, -0.1) is 11.3 Å². The van der Waals surface area contributed by atoms with E-state index in [2.05, 4.69) is 0 Å². The number of ether oxygens (including phenoxy) is 1. The van der Waals surface area contributed by atoms with Gasteiger partial charge in [0.05, 0.1) is 0 Å². The second-order valence-corrected chi connectivity index (χ2v) is 5.46. The number of carbonyl (C=O) groups is 2. The molecule has 0 aliphatic rings. The molecule has 0 aliphatic heterocycles. The second-order valence-electron chi connectivity index (χ2n) is 4.38. The zero-order valence-corrected chi connectivity index (χ0v) is 11.7. The Bertz CT molecular complexity index is 451. The van der Waals surface area contributed by atoms with Crippen molar-refractivity contribution in [3.63, 3.8) is 0 Å². The van der Waals surface area contributed by atoms with Gasteiger partial charge < -0.3 is 14.7 Å². The number of amides is 1. The molecule has 0 unspecified atom stereocenters. The number of aromatic carboxylic acids is 1. The van der Waals surface area contributed by atoms with Crippen LogP contribution in [-0.4, -0.2) is 42.6 Å². The Balaban J connectivity index is 2.87. The Labute approximate surface area is 110 Å².